The van der Waals surface area contributed by atoms with Crippen molar-refractivity contribution in [3.8, 4) is 6.07 Å². The Labute approximate surface area is 90.5 Å². The fourth-order valence-corrected chi connectivity index (χ4v) is 1.53. The zero-order valence-electron chi connectivity index (χ0n) is 9.20. The standard InChI is InChI=1S/C11H17N3O/c1-15-10-4-5-11-13-7-9-14(11)8-3-2-6-12/h7,9H,2-5,8,10H2,1H3/p+1. The fraction of sp³-hybridized carbons (Fsp3) is 0.636. The molecule has 0 radical (unpaired) electrons. The zero-order valence-corrected chi connectivity index (χ0v) is 9.20. The van der Waals surface area contributed by atoms with Gasteiger partial charge in [0.15, 0.2) is 0 Å². The first-order valence-electron chi connectivity index (χ1n) is 5.30. The van der Waals surface area contributed by atoms with Gasteiger partial charge in [0, 0.05) is 20.1 Å². The monoisotopic (exact) mass is 208 g/mol. The van der Waals surface area contributed by atoms with Crippen molar-refractivity contribution >= 4 is 0 Å². The number of methoxy groups -OCH3 is 1. The first-order chi connectivity index (χ1) is 7.38. The Kier molecular flexibility index (Phi) is 5.49. The van der Waals surface area contributed by atoms with Gasteiger partial charge in [-0.2, -0.15) is 5.26 Å². The van der Waals surface area contributed by atoms with Gasteiger partial charge in [-0.3, -0.25) is 0 Å². The van der Waals surface area contributed by atoms with Crippen molar-refractivity contribution in [2.24, 2.45) is 0 Å². The first kappa shape index (κ1) is 11.7. The molecular formula is C11H18N3O+. The molecule has 4 heteroatoms. The molecule has 0 unspecified atom stereocenters. The summed E-state index contributed by atoms with van der Waals surface area (Å²) in [6.45, 7) is 1.70. The Balaban J connectivity index is 2.36. The lowest BCUT2D eigenvalue weighted by atomic mass is 10.3. The number of hydrogen-bond acceptors (Lipinski definition) is 2. The summed E-state index contributed by atoms with van der Waals surface area (Å²) in [5.41, 5.74) is 0. The smallest absolute Gasteiger partial charge is 0.254 e. The minimum atomic E-state index is 0.621. The van der Waals surface area contributed by atoms with Crippen LogP contribution < -0.4 is 4.57 Å². The molecule has 4 nitrogen and oxygen atoms in total. The number of rotatable bonds is 7. The van der Waals surface area contributed by atoms with Crippen LogP contribution in [0.15, 0.2) is 12.4 Å². The second-order valence-electron chi connectivity index (χ2n) is 3.46. The Morgan fingerprint density at radius 3 is 3.13 bits per heavy atom. The van der Waals surface area contributed by atoms with E-state index in [4.69, 9.17) is 10.00 Å². The molecule has 0 amide bonds. The molecule has 82 valence electrons. The van der Waals surface area contributed by atoms with Crippen molar-refractivity contribution in [1.82, 2.24) is 4.98 Å². The molecule has 0 aliphatic carbocycles. The van der Waals surface area contributed by atoms with Crippen LogP contribution in [0.25, 0.3) is 0 Å². The summed E-state index contributed by atoms with van der Waals surface area (Å²) in [5, 5.41) is 8.45. The normalized spacial score (nSPS) is 10.1. The Morgan fingerprint density at radius 2 is 2.40 bits per heavy atom. The summed E-state index contributed by atoms with van der Waals surface area (Å²) in [6, 6.07) is 2.16. The largest absolute Gasteiger partial charge is 0.385 e. The van der Waals surface area contributed by atoms with Gasteiger partial charge >= 0.3 is 0 Å². The summed E-state index contributed by atoms with van der Waals surface area (Å²) < 4.78 is 7.19. The van der Waals surface area contributed by atoms with E-state index < -0.39 is 0 Å². The SMILES string of the molecule is COCCCc1[nH]cc[n+]1CCCC#N. The third-order valence-electron chi connectivity index (χ3n) is 2.30. The van der Waals surface area contributed by atoms with Gasteiger partial charge in [0.25, 0.3) is 5.82 Å². The van der Waals surface area contributed by atoms with Crippen LogP contribution in [-0.2, 0) is 17.7 Å². The molecule has 0 fully saturated rings. The molecule has 0 spiro atoms. The molecule has 1 rings (SSSR count). The van der Waals surface area contributed by atoms with Crippen molar-refractivity contribution in [2.75, 3.05) is 13.7 Å². The van der Waals surface area contributed by atoms with Gasteiger partial charge in [-0.05, 0) is 12.8 Å². The van der Waals surface area contributed by atoms with Gasteiger partial charge in [0.05, 0.1) is 19.0 Å². The number of aromatic amines is 1. The zero-order chi connectivity index (χ0) is 10.9. The molecule has 15 heavy (non-hydrogen) atoms. The van der Waals surface area contributed by atoms with E-state index in [0.717, 1.165) is 32.4 Å². The summed E-state index contributed by atoms with van der Waals surface area (Å²) in [4.78, 5) is 3.22. The van der Waals surface area contributed by atoms with Gasteiger partial charge in [-0.25, -0.2) is 9.55 Å². The Hall–Kier alpha value is -1.34. The Morgan fingerprint density at radius 1 is 1.53 bits per heavy atom. The second-order valence-corrected chi connectivity index (χ2v) is 3.46. The van der Waals surface area contributed by atoms with E-state index >= 15 is 0 Å². The molecular weight excluding hydrogens is 190 g/mol. The van der Waals surface area contributed by atoms with E-state index in [2.05, 4.69) is 15.6 Å². The molecule has 0 saturated carbocycles. The van der Waals surface area contributed by atoms with Crippen molar-refractivity contribution in [1.29, 1.82) is 5.26 Å². The molecule has 1 heterocycles. The summed E-state index contributed by atoms with van der Waals surface area (Å²) in [5.74, 6) is 1.21. The molecule has 1 aromatic rings. The lowest BCUT2D eigenvalue weighted by Crippen LogP contribution is -2.36. The number of nitrogens with zero attached hydrogens (tertiary/aromatic N) is 2. The number of nitriles is 1. The van der Waals surface area contributed by atoms with Crippen LogP contribution in [0.4, 0.5) is 0 Å². The third kappa shape index (κ3) is 4.13. The number of aromatic nitrogens is 2. The lowest BCUT2D eigenvalue weighted by molar-refractivity contribution is -0.703. The predicted octanol–water partition coefficient (Wildman–Crippen LogP) is 1.18. The van der Waals surface area contributed by atoms with Crippen molar-refractivity contribution in [3.05, 3.63) is 18.2 Å². The Bertz CT molecular complexity index is 314. The second kappa shape index (κ2) is 7.02. The lowest BCUT2D eigenvalue weighted by Gasteiger charge is -1.99. The maximum absolute atomic E-state index is 8.45. The van der Waals surface area contributed by atoms with E-state index in [-0.39, 0.29) is 0 Å². The van der Waals surface area contributed by atoms with Crippen molar-refractivity contribution in [3.63, 3.8) is 0 Å². The number of imidazole rings is 1. The van der Waals surface area contributed by atoms with Gasteiger partial charge < -0.3 is 4.74 Å². The van der Waals surface area contributed by atoms with Gasteiger partial charge in [-0.15, -0.1) is 0 Å². The maximum atomic E-state index is 8.45. The molecule has 0 atom stereocenters. The van der Waals surface area contributed by atoms with Gasteiger partial charge in [-0.1, -0.05) is 0 Å². The van der Waals surface area contributed by atoms with Gasteiger partial charge in [0.1, 0.15) is 12.4 Å². The van der Waals surface area contributed by atoms with Crippen LogP contribution in [0.2, 0.25) is 0 Å². The van der Waals surface area contributed by atoms with Crippen LogP contribution in [0.5, 0.6) is 0 Å². The highest BCUT2D eigenvalue weighted by atomic mass is 16.5. The number of H-pyrrole nitrogens is 1. The van der Waals surface area contributed by atoms with Crippen LogP contribution >= 0.6 is 0 Å². The number of hydrogen-bond donors (Lipinski definition) is 1. The third-order valence-corrected chi connectivity index (χ3v) is 2.30. The van der Waals surface area contributed by atoms with E-state index in [1.807, 2.05) is 12.4 Å². The maximum Gasteiger partial charge on any atom is 0.254 e. The number of unbranched alkanes of at least 4 members (excludes halogenated alkanes) is 1. The van der Waals surface area contributed by atoms with E-state index in [0.29, 0.717) is 6.42 Å². The molecule has 1 N–H and O–H groups in total. The molecule has 0 saturated heterocycles. The summed E-state index contributed by atoms with van der Waals surface area (Å²) in [7, 11) is 1.72. The average molecular weight is 208 g/mol. The first-order valence-corrected chi connectivity index (χ1v) is 5.30. The van der Waals surface area contributed by atoms with Crippen LogP contribution in [-0.4, -0.2) is 18.7 Å². The molecule has 0 aliphatic heterocycles. The van der Waals surface area contributed by atoms with E-state index in [9.17, 15) is 0 Å². The van der Waals surface area contributed by atoms with Crippen molar-refractivity contribution < 1.29 is 9.30 Å². The minimum absolute atomic E-state index is 0.621. The molecule has 0 bridgehead atoms. The molecule has 0 aliphatic rings. The molecule has 0 aromatic carbocycles. The summed E-state index contributed by atoms with van der Waals surface area (Å²) in [6.07, 6.45) is 7.52. The highest BCUT2D eigenvalue weighted by Crippen LogP contribution is 1.95. The number of aryl methyl sites for hydroxylation is 2. The van der Waals surface area contributed by atoms with E-state index in [1.54, 1.807) is 7.11 Å². The molecule has 1 aromatic heterocycles. The quantitative estimate of drug-likeness (QED) is 0.540. The van der Waals surface area contributed by atoms with Crippen LogP contribution in [0.3, 0.4) is 0 Å². The highest BCUT2D eigenvalue weighted by molar-refractivity contribution is 4.77. The number of nitrogens with one attached hydrogen (secondary N) is 1. The van der Waals surface area contributed by atoms with Crippen molar-refractivity contribution in [2.45, 2.75) is 32.2 Å². The highest BCUT2D eigenvalue weighted by Gasteiger charge is 2.08. The minimum Gasteiger partial charge on any atom is -0.385 e. The van der Waals surface area contributed by atoms with Gasteiger partial charge in [0.2, 0.25) is 0 Å². The fourth-order valence-electron chi connectivity index (χ4n) is 1.53. The van der Waals surface area contributed by atoms with Crippen LogP contribution in [0.1, 0.15) is 25.1 Å². The average Bonchev–Trinajstić information content (AvgIpc) is 2.67. The predicted molar refractivity (Wildman–Crippen MR) is 56.0 cm³/mol. The van der Waals surface area contributed by atoms with Crippen LogP contribution in [0, 0.1) is 11.3 Å². The van der Waals surface area contributed by atoms with E-state index in [1.165, 1.54) is 5.82 Å². The summed E-state index contributed by atoms with van der Waals surface area (Å²) >= 11 is 0. The number of ether oxygens (including phenoxy) is 1. The topological polar surface area (TPSA) is 52.7 Å².